The largest absolute Gasteiger partial charge is 0.508 e. The zero-order valence-corrected chi connectivity index (χ0v) is 58.1. The van der Waals surface area contributed by atoms with Crippen LogP contribution in [0.4, 0.5) is 13.2 Å². The molecular formula is C68H102F3N15O16. The van der Waals surface area contributed by atoms with E-state index in [-0.39, 0.29) is 74.6 Å². The molecule has 3 fully saturated rings. The molecular weight excluding hydrogens is 1340 g/mol. The summed E-state index contributed by atoms with van der Waals surface area (Å²) in [6.45, 7) is 7.99. The van der Waals surface area contributed by atoms with Crippen molar-refractivity contribution in [3.63, 3.8) is 0 Å². The van der Waals surface area contributed by atoms with E-state index >= 15 is 0 Å². The van der Waals surface area contributed by atoms with Crippen molar-refractivity contribution in [2.75, 3.05) is 32.7 Å². The van der Waals surface area contributed by atoms with Crippen LogP contribution in [0, 0.1) is 29.3 Å². The highest BCUT2D eigenvalue weighted by Gasteiger charge is 2.49. The van der Waals surface area contributed by atoms with E-state index < -0.39 is 175 Å². The molecule has 3 saturated heterocycles. The van der Waals surface area contributed by atoms with Gasteiger partial charge >= 0.3 is 0 Å². The molecule has 0 radical (unpaired) electrons. The molecule has 102 heavy (non-hydrogen) atoms. The number of amides is 7. The number of nitrogens with zero attached hydrogens (tertiary/aromatic N) is 7. The number of aliphatic hydroxyl groups excluding tert-OH is 7. The summed E-state index contributed by atoms with van der Waals surface area (Å²) >= 11 is 0. The number of phenols is 1. The number of aliphatic hydroxyl groups is 8. The summed E-state index contributed by atoms with van der Waals surface area (Å²) in [5.74, 6) is -9.90. The highest BCUT2D eigenvalue weighted by atomic mass is 19.1. The molecule has 31 nitrogen and oxygen atoms in total. The third kappa shape index (κ3) is 22.8. The Hall–Kier alpha value is -7.90. The minimum atomic E-state index is -2.28. The number of nitrogens with two attached hydrogens (primary N) is 2. The number of aromatic nitrogens is 5. The fourth-order valence-corrected chi connectivity index (χ4v) is 13.0. The lowest BCUT2D eigenvalue weighted by Gasteiger charge is -2.35. The molecule has 0 saturated carbocycles. The average Bonchev–Trinajstić information content (AvgIpc) is 0.785. The molecule has 0 spiro atoms. The van der Waals surface area contributed by atoms with Gasteiger partial charge in [0.2, 0.25) is 41.4 Å². The Labute approximate surface area is 589 Å². The molecule has 7 amide bonds. The van der Waals surface area contributed by atoms with Crippen LogP contribution in [0.3, 0.4) is 0 Å². The molecule has 2 aromatic heterocycles. The van der Waals surface area contributed by atoms with E-state index in [2.05, 4.69) is 72.7 Å². The summed E-state index contributed by atoms with van der Waals surface area (Å²) in [5.41, 5.74) is 9.23. The van der Waals surface area contributed by atoms with Crippen LogP contribution in [0.1, 0.15) is 153 Å². The number of unbranched alkanes of at least 4 members (excludes halogenated alkanes) is 5. The Kier molecular flexibility index (Phi) is 32.3. The number of hydrogen-bond acceptors (Lipinski definition) is 23. The second-order valence-electron chi connectivity index (χ2n) is 26.9. The SMILES string of the molecule is CCC(C)CC(C)CCCCCCCCC(=O)N[C@H]1C[C@@H](O)[C@H](NCCN)NC(=O)[C@@H]2[C@@H](O)CCN2C(=O)[C@H]([C@H](O)CCN)NC(=O)[C@H]([C@H](O)[C@@H](O)c2ccc(O)cc2)NC(=O)[C@@H]2C[C@@H](O)CN2C(=O)[C@H]([C@@H](C)O)NC1=O.C[C@@H](c1ncncc1F)[C@](O)(Cn1cncn1)c1ccc(F)cc1F. The fourth-order valence-electron chi connectivity index (χ4n) is 13.0. The molecule has 7 rings (SSSR count). The van der Waals surface area contributed by atoms with E-state index in [1.54, 1.807) is 0 Å². The summed E-state index contributed by atoms with van der Waals surface area (Å²) in [6, 6.07) is -3.60. The van der Waals surface area contributed by atoms with Gasteiger partial charge in [-0.15, -0.1) is 0 Å². The normalized spacial score (nSPS) is 25.3. The molecule has 3 aliphatic rings. The van der Waals surface area contributed by atoms with Crippen LogP contribution < -0.4 is 43.4 Å². The molecule has 566 valence electrons. The topological polar surface area (TPSA) is 489 Å². The van der Waals surface area contributed by atoms with Crippen molar-refractivity contribution in [3.05, 3.63) is 102 Å². The van der Waals surface area contributed by atoms with Gasteiger partial charge in [0.15, 0.2) is 5.82 Å². The average molecular weight is 1440 g/mol. The Morgan fingerprint density at radius 2 is 1.40 bits per heavy atom. The van der Waals surface area contributed by atoms with Gasteiger partial charge in [-0.3, -0.25) is 38.9 Å². The Morgan fingerprint density at radius 1 is 0.735 bits per heavy atom. The fraction of sp³-hybridized carbons (Fsp3) is 0.632. The highest BCUT2D eigenvalue weighted by molar-refractivity contribution is 5.98. The summed E-state index contributed by atoms with van der Waals surface area (Å²) in [6.07, 6.45) is -2.28. The van der Waals surface area contributed by atoms with Gasteiger partial charge in [-0.25, -0.2) is 32.8 Å². The first kappa shape index (κ1) is 83.1. The van der Waals surface area contributed by atoms with Gasteiger partial charge in [-0.05, 0) is 74.8 Å². The van der Waals surface area contributed by atoms with Crippen LogP contribution in [-0.2, 0) is 45.7 Å². The number of aromatic hydroxyl groups is 1. The van der Waals surface area contributed by atoms with Gasteiger partial charge in [0.1, 0.15) is 96.6 Å². The van der Waals surface area contributed by atoms with Gasteiger partial charge in [0.25, 0.3) is 0 Å². The van der Waals surface area contributed by atoms with E-state index in [4.69, 9.17) is 11.5 Å². The maximum absolute atomic E-state index is 14.6. The van der Waals surface area contributed by atoms with Crippen molar-refractivity contribution in [1.82, 2.24) is 66.4 Å². The van der Waals surface area contributed by atoms with Crippen molar-refractivity contribution in [2.45, 2.75) is 228 Å². The summed E-state index contributed by atoms with van der Waals surface area (Å²) in [7, 11) is 0. The molecule has 3 aliphatic heterocycles. The van der Waals surface area contributed by atoms with E-state index in [1.165, 1.54) is 54.9 Å². The van der Waals surface area contributed by atoms with Gasteiger partial charge in [0, 0.05) is 63.0 Å². The third-order valence-corrected chi connectivity index (χ3v) is 19.0. The molecule has 4 aromatic rings. The number of fused-ring (bicyclic) bond motifs is 2. The lowest BCUT2D eigenvalue weighted by Crippen LogP contribution is -2.65. The number of nitrogens with one attached hydrogen (secondary N) is 6. The summed E-state index contributed by atoms with van der Waals surface area (Å²) in [4.78, 5) is 113. The Bertz CT molecular complexity index is 3350. The number of halogens is 3. The minimum absolute atomic E-state index is 0.0257. The first-order valence-corrected chi connectivity index (χ1v) is 34.7. The van der Waals surface area contributed by atoms with E-state index in [0.29, 0.717) is 30.7 Å². The molecule has 19 N–H and O–H groups in total. The molecule has 34 heteroatoms. The smallest absolute Gasteiger partial charge is 0.248 e. The second-order valence-corrected chi connectivity index (χ2v) is 26.9. The van der Waals surface area contributed by atoms with Gasteiger partial charge < -0.3 is 93.8 Å². The molecule has 0 bridgehead atoms. The van der Waals surface area contributed by atoms with Gasteiger partial charge in [-0.1, -0.05) is 90.8 Å². The van der Waals surface area contributed by atoms with Crippen LogP contribution in [0.25, 0.3) is 0 Å². The molecule has 18 atom stereocenters. The highest BCUT2D eigenvalue weighted by Crippen LogP contribution is 2.40. The first-order valence-electron chi connectivity index (χ1n) is 34.7. The van der Waals surface area contributed by atoms with Crippen molar-refractivity contribution in [3.8, 4) is 5.75 Å². The van der Waals surface area contributed by atoms with Crippen LogP contribution >= 0.6 is 0 Å². The molecule has 2 unspecified atom stereocenters. The van der Waals surface area contributed by atoms with Gasteiger partial charge in [0.05, 0.1) is 49.0 Å². The maximum Gasteiger partial charge on any atom is 0.248 e. The molecule has 0 aliphatic carbocycles. The van der Waals surface area contributed by atoms with Crippen molar-refractivity contribution in [1.29, 1.82) is 0 Å². The number of hydrogen-bond donors (Lipinski definition) is 17. The number of benzene rings is 2. The number of carbonyl (C=O) groups is 7. The van der Waals surface area contributed by atoms with Gasteiger partial charge in [-0.2, -0.15) is 5.10 Å². The van der Waals surface area contributed by atoms with Crippen LogP contribution in [0.2, 0.25) is 0 Å². The standard InChI is InChI=1S/C52H88N10O15.C16H14F3N5O/c1-5-28(2)24-29(3)12-10-8-6-7-9-11-13-39(69)56-34-26-38(68)46(55-22-21-54)60-50(75)43-37(67)19-23-61(43)52(77)41(36(66)18-20-53)58-49(74)42(45(71)44(70)31-14-16-32(64)17-15-31)59-48(73)35-25-33(65)27-62(35)51(76)40(30(4)63)57-47(34)72;1-10(15-14(19)5-20-7-22-15)16(25,6-24-9-21-8-23-24)12-3-2-11(17)4-13(12)18/h14-17,28-30,33-38,40-46,55,63-68,70-71H,5-13,18-27,53-54H2,1-4H3,(H,56,69)(H,57,72)(H,58,74)(H,59,73)(H,60,75);2-5,7-10,25H,6H2,1H3/t28?,29?,30-,33-,34+,35+,36-,37+,38-,40+,41+,42+,43+,44+,45+,46-;10-,16+/m10/s1. The lowest BCUT2D eigenvalue weighted by molar-refractivity contribution is -0.148. The van der Waals surface area contributed by atoms with Crippen LogP contribution in [-0.4, -0.2) is 234 Å². The van der Waals surface area contributed by atoms with Crippen molar-refractivity contribution in [2.24, 2.45) is 23.3 Å². The summed E-state index contributed by atoms with van der Waals surface area (Å²) < 4.78 is 43.0. The molecule has 5 heterocycles. The number of rotatable bonds is 28. The zero-order chi connectivity index (χ0) is 75.1. The van der Waals surface area contributed by atoms with Crippen LogP contribution in [0.5, 0.6) is 5.75 Å². The Morgan fingerprint density at radius 3 is 2.04 bits per heavy atom. The third-order valence-electron chi connectivity index (χ3n) is 19.0. The van der Waals surface area contributed by atoms with Crippen molar-refractivity contribution < 1.29 is 92.7 Å². The maximum atomic E-state index is 14.6. The van der Waals surface area contributed by atoms with E-state index in [1.807, 2.05) is 0 Å². The predicted molar refractivity (Wildman–Crippen MR) is 361 cm³/mol. The van der Waals surface area contributed by atoms with E-state index in [9.17, 15) is 92.7 Å². The minimum Gasteiger partial charge on any atom is -0.508 e. The monoisotopic (exact) mass is 1440 g/mol. The van der Waals surface area contributed by atoms with Crippen molar-refractivity contribution >= 4 is 41.4 Å². The number of phenolic OH excluding ortho intramolecular Hbond substituents is 1. The van der Waals surface area contributed by atoms with E-state index in [0.717, 1.165) is 79.9 Å². The summed E-state index contributed by atoms with van der Waals surface area (Å²) in [5, 5.41) is 120. The molecule has 2 aromatic carbocycles. The predicted octanol–water partition coefficient (Wildman–Crippen LogP) is -1.14. The van der Waals surface area contributed by atoms with Crippen LogP contribution in [0.15, 0.2) is 67.6 Å². The zero-order valence-electron chi connectivity index (χ0n) is 58.1. The quantitative estimate of drug-likeness (QED) is 0.0299. The second kappa shape index (κ2) is 39.7. The number of carbonyl (C=O) groups excluding carboxylic acids is 7. The lowest BCUT2D eigenvalue weighted by atomic mass is 9.79. The Balaban J connectivity index is 0.000000543. The first-order chi connectivity index (χ1) is 48.4.